The molecular weight excluding hydrogens is 342 g/mol. The average molecular weight is 376 g/mol. The first kappa shape index (κ1) is 18.9. The summed E-state index contributed by atoms with van der Waals surface area (Å²) >= 11 is 0. The number of rotatable bonds is 6. The molecule has 1 aromatic rings. The van der Waals surface area contributed by atoms with Crippen LogP contribution in [0.25, 0.3) is 0 Å². The molecule has 1 aromatic heterocycles. The first-order chi connectivity index (χ1) is 13.3. The highest BCUT2D eigenvalue weighted by Crippen LogP contribution is 2.29. The van der Waals surface area contributed by atoms with Crippen LogP contribution in [0.15, 0.2) is 6.07 Å². The van der Waals surface area contributed by atoms with E-state index in [1.165, 1.54) is 38.6 Å². The van der Waals surface area contributed by atoms with Crippen molar-refractivity contribution in [2.45, 2.75) is 50.5 Å². The van der Waals surface area contributed by atoms with Crippen molar-refractivity contribution < 1.29 is 9.84 Å². The lowest BCUT2D eigenvalue weighted by Gasteiger charge is -2.27. The minimum Gasteiger partial charge on any atom is -0.395 e. The van der Waals surface area contributed by atoms with Gasteiger partial charge >= 0.3 is 0 Å². The van der Waals surface area contributed by atoms with E-state index in [4.69, 9.17) is 19.8 Å². The fourth-order valence-electron chi connectivity index (χ4n) is 4.64. The third-order valence-electron chi connectivity index (χ3n) is 6.17. The fraction of sp³-hybridized carbons (Fsp3) is 0.800. The number of hydrogen-bond donors (Lipinski definition) is 2. The smallest absolute Gasteiger partial charge is 0.224 e. The molecule has 0 bridgehead atoms. The number of aliphatic hydroxyl groups is 1. The van der Waals surface area contributed by atoms with Crippen molar-refractivity contribution in [3.63, 3.8) is 0 Å². The quantitative estimate of drug-likeness (QED) is 0.786. The molecule has 0 radical (unpaired) electrons. The summed E-state index contributed by atoms with van der Waals surface area (Å²) in [5, 5.41) is 12.3. The second-order valence-electron chi connectivity index (χ2n) is 8.00. The van der Waals surface area contributed by atoms with Crippen LogP contribution < -0.4 is 10.2 Å². The molecule has 3 fully saturated rings. The van der Waals surface area contributed by atoms with E-state index >= 15 is 0 Å². The molecule has 2 saturated heterocycles. The first-order valence-electron chi connectivity index (χ1n) is 10.6. The summed E-state index contributed by atoms with van der Waals surface area (Å²) in [6.45, 7) is 6.48. The third kappa shape index (κ3) is 4.70. The predicted molar refractivity (Wildman–Crippen MR) is 106 cm³/mol. The lowest BCUT2D eigenvalue weighted by molar-refractivity contribution is 0.193. The van der Waals surface area contributed by atoms with Crippen molar-refractivity contribution in [3.05, 3.63) is 11.8 Å². The van der Waals surface area contributed by atoms with Crippen LogP contribution in [0.4, 0.5) is 11.8 Å². The van der Waals surface area contributed by atoms with Crippen LogP contribution in [-0.4, -0.2) is 78.6 Å². The Balaban J connectivity index is 1.49. The number of aromatic nitrogens is 2. The van der Waals surface area contributed by atoms with E-state index < -0.39 is 0 Å². The third-order valence-corrected chi connectivity index (χ3v) is 6.17. The molecule has 3 heterocycles. The van der Waals surface area contributed by atoms with Crippen LogP contribution in [0, 0.1) is 0 Å². The maximum absolute atomic E-state index is 9.14. The van der Waals surface area contributed by atoms with Gasteiger partial charge in [-0.3, -0.25) is 4.90 Å². The lowest BCUT2D eigenvalue weighted by Crippen LogP contribution is -2.37. The Morgan fingerprint density at radius 3 is 2.74 bits per heavy atom. The van der Waals surface area contributed by atoms with Crippen LogP contribution in [0.5, 0.6) is 0 Å². The molecule has 1 aliphatic carbocycles. The zero-order valence-electron chi connectivity index (χ0n) is 16.3. The van der Waals surface area contributed by atoms with Crippen molar-refractivity contribution in [2.24, 2.45) is 0 Å². The summed E-state index contributed by atoms with van der Waals surface area (Å²) in [4.78, 5) is 14.6. The lowest BCUT2D eigenvalue weighted by atomic mass is 10.0. The SMILES string of the molecule is OCCNc1nc(C2CCOC2)cc(N2CCCN(C3CCCC3)CC2)n1. The van der Waals surface area contributed by atoms with Crippen LogP contribution in [0.1, 0.15) is 50.1 Å². The minimum atomic E-state index is 0.0789. The zero-order valence-corrected chi connectivity index (χ0v) is 16.3. The van der Waals surface area contributed by atoms with E-state index in [0.717, 1.165) is 56.8 Å². The van der Waals surface area contributed by atoms with Gasteiger partial charge in [-0.15, -0.1) is 0 Å². The zero-order chi connectivity index (χ0) is 18.5. The Morgan fingerprint density at radius 1 is 1.07 bits per heavy atom. The van der Waals surface area contributed by atoms with Gasteiger partial charge in [-0.2, -0.15) is 4.98 Å². The van der Waals surface area contributed by atoms with Crippen LogP contribution in [0.2, 0.25) is 0 Å². The Labute approximate surface area is 162 Å². The molecule has 0 amide bonds. The maximum Gasteiger partial charge on any atom is 0.224 e. The minimum absolute atomic E-state index is 0.0789. The molecule has 2 N–H and O–H groups in total. The summed E-state index contributed by atoms with van der Waals surface area (Å²) in [7, 11) is 0. The summed E-state index contributed by atoms with van der Waals surface area (Å²) < 4.78 is 5.57. The topological polar surface area (TPSA) is 73.8 Å². The summed E-state index contributed by atoms with van der Waals surface area (Å²) in [6.07, 6.45) is 7.73. The van der Waals surface area contributed by atoms with Gasteiger partial charge in [0.05, 0.1) is 18.9 Å². The molecule has 27 heavy (non-hydrogen) atoms. The molecule has 7 nitrogen and oxygen atoms in total. The van der Waals surface area contributed by atoms with Crippen LogP contribution in [0.3, 0.4) is 0 Å². The predicted octanol–water partition coefficient (Wildman–Crippen LogP) is 1.84. The molecule has 150 valence electrons. The van der Waals surface area contributed by atoms with E-state index in [1.807, 2.05) is 0 Å². The van der Waals surface area contributed by atoms with Gasteiger partial charge in [0.25, 0.3) is 0 Å². The van der Waals surface area contributed by atoms with E-state index in [9.17, 15) is 0 Å². The molecule has 0 aromatic carbocycles. The standard InChI is InChI=1S/C20H33N5O2/c26-12-7-21-20-22-18(16-6-13-27-15-16)14-19(23-20)25-9-3-8-24(10-11-25)17-4-1-2-5-17/h14,16-17,26H,1-13,15H2,(H,21,22,23). The van der Waals surface area contributed by atoms with E-state index in [-0.39, 0.29) is 6.61 Å². The van der Waals surface area contributed by atoms with Gasteiger partial charge in [-0.25, -0.2) is 4.98 Å². The van der Waals surface area contributed by atoms with E-state index in [0.29, 0.717) is 18.4 Å². The number of ether oxygens (including phenoxy) is 1. The monoisotopic (exact) mass is 375 g/mol. The van der Waals surface area contributed by atoms with Crippen LogP contribution in [-0.2, 0) is 4.74 Å². The van der Waals surface area contributed by atoms with Gasteiger partial charge in [0.2, 0.25) is 5.95 Å². The van der Waals surface area contributed by atoms with Gasteiger partial charge in [-0.1, -0.05) is 12.8 Å². The largest absolute Gasteiger partial charge is 0.395 e. The highest BCUT2D eigenvalue weighted by Gasteiger charge is 2.26. The summed E-state index contributed by atoms with van der Waals surface area (Å²) in [5.74, 6) is 1.99. The van der Waals surface area contributed by atoms with Crippen molar-refractivity contribution >= 4 is 11.8 Å². The van der Waals surface area contributed by atoms with E-state index in [2.05, 4.69) is 21.2 Å². The van der Waals surface area contributed by atoms with Gasteiger partial charge in [0.15, 0.2) is 0 Å². The molecule has 0 spiro atoms. The molecule has 4 rings (SSSR count). The number of aliphatic hydroxyl groups excluding tert-OH is 1. The fourth-order valence-corrected chi connectivity index (χ4v) is 4.64. The molecule has 2 aliphatic heterocycles. The molecular formula is C20H33N5O2. The van der Waals surface area contributed by atoms with Crippen molar-refractivity contribution in [1.29, 1.82) is 0 Å². The van der Waals surface area contributed by atoms with Crippen molar-refractivity contribution in [3.8, 4) is 0 Å². The molecule has 3 aliphatic rings. The molecule has 1 atom stereocenters. The molecule has 7 heteroatoms. The number of anilines is 2. The first-order valence-corrected chi connectivity index (χ1v) is 10.6. The summed E-state index contributed by atoms with van der Waals surface area (Å²) in [6, 6.07) is 2.96. The van der Waals surface area contributed by atoms with Gasteiger partial charge < -0.3 is 20.1 Å². The van der Waals surface area contributed by atoms with Gasteiger partial charge in [0.1, 0.15) is 5.82 Å². The van der Waals surface area contributed by atoms with Crippen LogP contribution >= 0.6 is 0 Å². The second kappa shape index (κ2) is 9.17. The number of nitrogens with one attached hydrogen (secondary N) is 1. The molecule has 1 saturated carbocycles. The second-order valence-corrected chi connectivity index (χ2v) is 8.00. The van der Waals surface area contributed by atoms with Crippen molar-refractivity contribution in [1.82, 2.24) is 14.9 Å². The normalized spacial score (nSPS) is 25.1. The van der Waals surface area contributed by atoms with Gasteiger partial charge in [0, 0.05) is 57.4 Å². The summed E-state index contributed by atoms with van der Waals surface area (Å²) in [5.41, 5.74) is 1.06. The van der Waals surface area contributed by atoms with E-state index in [1.54, 1.807) is 0 Å². The number of hydrogen-bond acceptors (Lipinski definition) is 7. The average Bonchev–Trinajstić information content (AvgIpc) is 3.37. The number of nitrogens with zero attached hydrogens (tertiary/aromatic N) is 4. The highest BCUT2D eigenvalue weighted by molar-refractivity contribution is 5.46. The maximum atomic E-state index is 9.14. The Bertz CT molecular complexity index is 602. The highest BCUT2D eigenvalue weighted by atomic mass is 16.5. The van der Waals surface area contributed by atoms with Gasteiger partial charge in [-0.05, 0) is 25.7 Å². The Kier molecular flexibility index (Phi) is 6.42. The van der Waals surface area contributed by atoms with Crippen molar-refractivity contribution in [2.75, 3.05) is 62.8 Å². The Morgan fingerprint density at radius 2 is 1.96 bits per heavy atom. The molecule has 1 unspecified atom stereocenters. The Hall–Kier alpha value is -1.44.